The molecular formula is C12H16N4OS. The molecule has 1 aromatic carbocycles. The Morgan fingerprint density at radius 2 is 2.28 bits per heavy atom. The summed E-state index contributed by atoms with van der Waals surface area (Å²) in [6, 6.07) is 7.96. The largest absolute Gasteiger partial charge is 0.488 e. The maximum absolute atomic E-state index is 5.72. The van der Waals surface area contributed by atoms with Crippen LogP contribution in [0.25, 0.3) is 0 Å². The highest BCUT2D eigenvalue weighted by Crippen LogP contribution is 2.22. The van der Waals surface area contributed by atoms with Crippen LogP contribution in [0.3, 0.4) is 0 Å². The maximum Gasteiger partial charge on any atom is 0.197 e. The second kappa shape index (κ2) is 5.70. The van der Waals surface area contributed by atoms with Gasteiger partial charge in [-0.2, -0.15) is 0 Å². The molecule has 2 aromatic rings. The quantitative estimate of drug-likeness (QED) is 0.639. The SMILES string of the molecule is CN(C)c1cccc(OCc2cnc(NN)s2)c1. The van der Waals surface area contributed by atoms with E-state index in [2.05, 4.69) is 10.4 Å². The van der Waals surface area contributed by atoms with Crippen LogP contribution in [-0.4, -0.2) is 19.1 Å². The van der Waals surface area contributed by atoms with E-state index in [4.69, 9.17) is 10.6 Å². The number of thiazole rings is 1. The fourth-order valence-corrected chi connectivity index (χ4v) is 2.08. The average molecular weight is 264 g/mol. The Bertz CT molecular complexity index is 512. The molecule has 6 heteroatoms. The van der Waals surface area contributed by atoms with E-state index >= 15 is 0 Å². The molecule has 0 aliphatic carbocycles. The van der Waals surface area contributed by atoms with Crippen molar-refractivity contribution in [1.29, 1.82) is 0 Å². The fourth-order valence-electron chi connectivity index (χ4n) is 1.45. The van der Waals surface area contributed by atoms with E-state index < -0.39 is 0 Å². The van der Waals surface area contributed by atoms with Crippen molar-refractivity contribution in [2.75, 3.05) is 24.4 Å². The molecule has 0 aliphatic heterocycles. The van der Waals surface area contributed by atoms with Gasteiger partial charge in [-0.1, -0.05) is 17.4 Å². The van der Waals surface area contributed by atoms with Gasteiger partial charge in [-0.25, -0.2) is 10.8 Å². The molecule has 18 heavy (non-hydrogen) atoms. The summed E-state index contributed by atoms with van der Waals surface area (Å²) in [5.41, 5.74) is 3.63. The lowest BCUT2D eigenvalue weighted by Gasteiger charge is -2.13. The minimum absolute atomic E-state index is 0.496. The van der Waals surface area contributed by atoms with Crippen molar-refractivity contribution in [3.05, 3.63) is 35.3 Å². The molecule has 1 aromatic heterocycles. The summed E-state index contributed by atoms with van der Waals surface area (Å²) < 4.78 is 5.72. The summed E-state index contributed by atoms with van der Waals surface area (Å²) in [6.07, 6.45) is 1.76. The Morgan fingerprint density at radius 1 is 1.44 bits per heavy atom. The standard InChI is InChI=1S/C12H16N4OS/c1-16(2)9-4-3-5-10(6-9)17-8-11-7-14-12(15-13)18-11/h3-7H,8,13H2,1-2H3,(H,14,15). The van der Waals surface area contributed by atoms with Gasteiger partial charge in [0.2, 0.25) is 0 Å². The highest BCUT2D eigenvalue weighted by atomic mass is 32.1. The lowest BCUT2D eigenvalue weighted by atomic mass is 10.3. The summed E-state index contributed by atoms with van der Waals surface area (Å²) in [5.74, 6) is 6.12. The molecule has 0 saturated heterocycles. The number of anilines is 2. The van der Waals surface area contributed by atoms with Crippen LogP contribution in [-0.2, 0) is 6.61 Å². The first-order chi connectivity index (χ1) is 8.69. The van der Waals surface area contributed by atoms with Gasteiger partial charge in [0.1, 0.15) is 12.4 Å². The van der Waals surface area contributed by atoms with Crippen molar-refractivity contribution < 1.29 is 4.74 Å². The van der Waals surface area contributed by atoms with Gasteiger partial charge in [-0.3, -0.25) is 5.43 Å². The van der Waals surface area contributed by atoms with Crippen molar-refractivity contribution in [3.8, 4) is 5.75 Å². The number of rotatable bonds is 5. The van der Waals surface area contributed by atoms with Crippen molar-refractivity contribution >= 4 is 22.2 Å². The molecule has 0 atom stereocenters. The van der Waals surface area contributed by atoms with E-state index in [-0.39, 0.29) is 0 Å². The monoisotopic (exact) mass is 264 g/mol. The molecule has 0 amide bonds. The van der Waals surface area contributed by atoms with Gasteiger partial charge in [0.05, 0.1) is 4.88 Å². The summed E-state index contributed by atoms with van der Waals surface area (Å²) in [7, 11) is 4.00. The Labute approximate surface area is 110 Å². The third kappa shape index (κ3) is 3.12. The Kier molecular flexibility index (Phi) is 4.01. The number of aromatic nitrogens is 1. The topological polar surface area (TPSA) is 63.4 Å². The van der Waals surface area contributed by atoms with Gasteiger partial charge >= 0.3 is 0 Å². The summed E-state index contributed by atoms with van der Waals surface area (Å²) in [5, 5.41) is 0.690. The summed E-state index contributed by atoms with van der Waals surface area (Å²) in [6.45, 7) is 0.496. The maximum atomic E-state index is 5.72. The van der Waals surface area contributed by atoms with E-state index in [1.807, 2.05) is 43.3 Å². The normalized spacial score (nSPS) is 10.2. The minimum atomic E-state index is 0.496. The predicted molar refractivity (Wildman–Crippen MR) is 75.0 cm³/mol. The lowest BCUT2D eigenvalue weighted by Crippen LogP contribution is -2.08. The predicted octanol–water partition coefficient (Wildman–Crippen LogP) is 2.07. The third-order valence-corrected chi connectivity index (χ3v) is 3.29. The molecule has 0 saturated carbocycles. The van der Waals surface area contributed by atoms with Crippen molar-refractivity contribution in [2.24, 2.45) is 5.84 Å². The molecule has 96 valence electrons. The number of hydrogen-bond donors (Lipinski definition) is 2. The molecule has 3 N–H and O–H groups in total. The Hall–Kier alpha value is -1.79. The van der Waals surface area contributed by atoms with Crippen LogP contribution >= 0.6 is 11.3 Å². The second-order valence-corrected chi connectivity index (χ2v) is 5.07. The number of benzene rings is 1. The van der Waals surface area contributed by atoms with Crippen LogP contribution in [0.5, 0.6) is 5.75 Å². The number of ether oxygens (including phenoxy) is 1. The van der Waals surface area contributed by atoms with Gasteiger partial charge in [-0.15, -0.1) is 0 Å². The summed E-state index contributed by atoms with van der Waals surface area (Å²) >= 11 is 1.48. The first kappa shape index (κ1) is 12.7. The molecule has 0 spiro atoms. The van der Waals surface area contributed by atoms with Crippen LogP contribution in [0.15, 0.2) is 30.5 Å². The van der Waals surface area contributed by atoms with E-state index in [1.54, 1.807) is 6.20 Å². The first-order valence-electron chi connectivity index (χ1n) is 5.50. The third-order valence-electron chi connectivity index (χ3n) is 2.39. The average Bonchev–Trinajstić information content (AvgIpc) is 2.84. The molecule has 0 fully saturated rings. The zero-order valence-corrected chi connectivity index (χ0v) is 11.2. The first-order valence-corrected chi connectivity index (χ1v) is 6.32. The van der Waals surface area contributed by atoms with E-state index in [0.717, 1.165) is 16.3 Å². The van der Waals surface area contributed by atoms with E-state index in [1.165, 1.54) is 11.3 Å². The number of nitrogens with two attached hydrogens (primary N) is 1. The highest BCUT2D eigenvalue weighted by molar-refractivity contribution is 7.15. The van der Waals surface area contributed by atoms with Crippen LogP contribution in [0, 0.1) is 0 Å². The smallest absolute Gasteiger partial charge is 0.197 e. The van der Waals surface area contributed by atoms with Crippen LogP contribution in [0.2, 0.25) is 0 Å². The van der Waals surface area contributed by atoms with Gasteiger partial charge < -0.3 is 9.64 Å². The van der Waals surface area contributed by atoms with E-state index in [0.29, 0.717) is 11.7 Å². The second-order valence-electron chi connectivity index (χ2n) is 3.96. The molecule has 1 heterocycles. The lowest BCUT2D eigenvalue weighted by molar-refractivity contribution is 0.309. The van der Waals surface area contributed by atoms with Gasteiger partial charge in [0.15, 0.2) is 5.13 Å². The molecule has 0 aliphatic rings. The Morgan fingerprint density at radius 3 is 2.94 bits per heavy atom. The van der Waals surface area contributed by atoms with Crippen LogP contribution < -0.4 is 20.9 Å². The number of nitrogens with one attached hydrogen (secondary N) is 1. The van der Waals surface area contributed by atoms with Gasteiger partial charge in [0, 0.05) is 32.0 Å². The fraction of sp³-hybridized carbons (Fsp3) is 0.250. The zero-order valence-electron chi connectivity index (χ0n) is 10.4. The highest BCUT2D eigenvalue weighted by Gasteiger charge is 2.03. The van der Waals surface area contributed by atoms with Crippen molar-refractivity contribution in [1.82, 2.24) is 4.98 Å². The van der Waals surface area contributed by atoms with Crippen molar-refractivity contribution in [2.45, 2.75) is 6.61 Å². The molecule has 0 unspecified atom stereocenters. The van der Waals surface area contributed by atoms with Crippen molar-refractivity contribution in [3.63, 3.8) is 0 Å². The van der Waals surface area contributed by atoms with Crippen LogP contribution in [0.1, 0.15) is 4.88 Å². The Balaban J connectivity index is 1.99. The van der Waals surface area contributed by atoms with E-state index in [9.17, 15) is 0 Å². The molecule has 0 radical (unpaired) electrons. The van der Waals surface area contributed by atoms with Crippen LogP contribution in [0.4, 0.5) is 10.8 Å². The molecule has 2 rings (SSSR count). The minimum Gasteiger partial charge on any atom is -0.488 e. The number of hydrazine groups is 1. The summed E-state index contributed by atoms with van der Waals surface area (Å²) in [4.78, 5) is 7.15. The van der Waals surface area contributed by atoms with Gasteiger partial charge in [-0.05, 0) is 12.1 Å². The molecular weight excluding hydrogens is 248 g/mol. The molecule has 0 bridgehead atoms. The number of nitrogens with zero attached hydrogens (tertiary/aromatic N) is 2. The molecule has 5 nitrogen and oxygen atoms in total. The zero-order chi connectivity index (χ0) is 13.0. The van der Waals surface area contributed by atoms with Gasteiger partial charge in [0.25, 0.3) is 0 Å². The number of nitrogen functional groups attached to an aromatic ring is 1. The number of hydrogen-bond acceptors (Lipinski definition) is 6.